The summed E-state index contributed by atoms with van der Waals surface area (Å²) in [5.41, 5.74) is -0.851. The molecule has 0 aromatic heterocycles. The smallest absolute Gasteiger partial charge is 0.248 e. The highest BCUT2D eigenvalue weighted by Crippen LogP contribution is 2.64. The fourth-order valence-electron chi connectivity index (χ4n) is 7.93. The Bertz CT molecular complexity index is 1160. The fraction of sp³-hybridized carbons (Fsp3) is 0.629. The Morgan fingerprint density at radius 2 is 1.81 bits per heavy atom. The fourth-order valence-corrected chi connectivity index (χ4v) is 7.93. The van der Waals surface area contributed by atoms with Crippen LogP contribution in [-0.2, 0) is 25.7 Å². The second kappa shape index (κ2) is 14.2. The molecule has 236 valence electrons. The molecule has 1 spiro atoms. The minimum Gasteiger partial charge on any atom is -0.396 e. The van der Waals surface area contributed by atoms with E-state index in [1.807, 2.05) is 49.1 Å². The number of carbonyl (C=O) groups is 3. The number of ether oxygens (including phenoxy) is 1. The quantitative estimate of drug-likeness (QED) is 0.209. The Labute approximate surface area is 257 Å². The van der Waals surface area contributed by atoms with Gasteiger partial charge in [-0.25, -0.2) is 0 Å². The minimum absolute atomic E-state index is 0.0255. The molecular weight excluding hydrogens is 542 g/mol. The van der Waals surface area contributed by atoms with Crippen molar-refractivity contribution in [1.29, 1.82) is 0 Å². The van der Waals surface area contributed by atoms with Crippen LogP contribution in [0.2, 0.25) is 0 Å². The number of amides is 3. The molecule has 8 nitrogen and oxygen atoms in total. The van der Waals surface area contributed by atoms with E-state index in [9.17, 15) is 19.5 Å². The number of rotatable bonds is 17. The van der Waals surface area contributed by atoms with Crippen LogP contribution in [-0.4, -0.2) is 87.1 Å². The lowest BCUT2D eigenvalue weighted by molar-refractivity contribution is -0.156. The number of aliphatic hydroxyl groups excluding tert-OH is 1. The molecule has 3 saturated heterocycles. The molecule has 4 rings (SSSR count). The van der Waals surface area contributed by atoms with E-state index in [1.54, 1.807) is 22.0 Å². The molecule has 3 aliphatic heterocycles. The summed E-state index contributed by atoms with van der Waals surface area (Å²) in [6.45, 7) is 15.6. The topological polar surface area (TPSA) is 90.4 Å². The van der Waals surface area contributed by atoms with E-state index in [4.69, 9.17) is 4.74 Å². The van der Waals surface area contributed by atoms with E-state index in [-0.39, 0.29) is 30.4 Å². The average Bonchev–Trinajstić information content (AvgIpc) is 3.61. The number of fused-ring (bicyclic) bond motifs is 1. The predicted octanol–water partition coefficient (Wildman–Crippen LogP) is 4.72. The van der Waals surface area contributed by atoms with E-state index in [1.165, 1.54) is 0 Å². The number of benzene rings is 1. The first kappa shape index (κ1) is 32.9. The average molecular weight is 594 g/mol. The van der Waals surface area contributed by atoms with Crippen LogP contribution in [0, 0.1) is 11.8 Å². The third kappa shape index (κ3) is 6.05. The van der Waals surface area contributed by atoms with Crippen LogP contribution in [0.3, 0.4) is 0 Å². The maximum Gasteiger partial charge on any atom is 0.248 e. The number of unbranched alkanes of at least 4 members (excludes halogenated alkanes) is 2. The number of carbonyl (C=O) groups excluding carboxylic acids is 3. The van der Waals surface area contributed by atoms with Crippen LogP contribution in [0.5, 0.6) is 0 Å². The SMILES string of the molecule is C=CCN(Cc1ccccc1)C(=O)[C@@H]1[C@H]2C(=O)N(CCCCCO)C(C(=O)N(CC=C)C(C)CCC)C23CC[C@@]1(CC)O3. The Hall–Kier alpha value is -2.97. The van der Waals surface area contributed by atoms with Gasteiger partial charge in [0.1, 0.15) is 11.6 Å². The number of nitrogens with zero attached hydrogens (tertiary/aromatic N) is 3. The summed E-state index contributed by atoms with van der Waals surface area (Å²) in [6, 6.07) is 9.02. The number of likely N-dealkylation sites (tertiary alicyclic amines) is 1. The van der Waals surface area contributed by atoms with Crippen molar-refractivity contribution in [3.8, 4) is 0 Å². The first-order chi connectivity index (χ1) is 20.7. The second-order valence-electron chi connectivity index (χ2n) is 12.6. The number of hydrogen-bond donors (Lipinski definition) is 1. The van der Waals surface area contributed by atoms with E-state index >= 15 is 0 Å². The van der Waals surface area contributed by atoms with Crippen LogP contribution < -0.4 is 0 Å². The molecule has 43 heavy (non-hydrogen) atoms. The first-order valence-corrected chi connectivity index (χ1v) is 16.2. The zero-order valence-electron chi connectivity index (χ0n) is 26.4. The second-order valence-corrected chi connectivity index (χ2v) is 12.6. The van der Waals surface area contributed by atoms with Crippen molar-refractivity contribution in [3.63, 3.8) is 0 Å². The highest BCUT2D eigenvalue weighted by Gasteiger charge is 2.79. The van der Waals surface area contributed by atoms with Crippen molar-refractivity contribution in [2.75, 3.05) is 26.2 Å². The highest BCUT2D eigenvalue weighted by atomic mass is 16.5. The van der Waals surface area contributed by atoms with Gasteiger partial charge in [-0.3, -0.25) is 14.4 Å². The molecule has 3 amide bonds. The molecule has 0 saturated carbocycles. The summed E-state index contributed by atoms with van der Waals surface area (Å²) < 4.78 is 7.01. The maximum absolute atomic E-state index is 14.6. The summed E-state index contributed by atoms with van der Waals surface area (Å²) in [5, 5.41) is 9.34. The van der Waals surface area contributed by atoms with Crippen molar-refractivity contribution in [2.45, 2.75) is 102 Å². The molecule has 8 heteroatoms. The van der Waals surface area contributed by atoms with Crippen LogP contribution in [0.1, 0.15) is 77.7 Å². The van der Waals surface area contributed by atoms with Crippen molar-refractivity contribution in [3.05, 3.63) is 61.2 Å². The summed E-state index contributed by atoms with van der Waals surface area (Å²) in [7, 11) is 0. The van der Waals surface area contributed by atoms with Gasteiger partial charge in [0.2, 0.25) is 17.7 Å². The molecule has 3 unspecified atom stereocenters. The largest absolute Gasteiger partial charge is 0.396 e. The van der Waals surface area contributed by atoms with E-state index in [0.29, 0.717) is 58.3 Å². The molecule has 6 atom stereocenters. The van der Waals surface area contributed by atoms with Crippen molar-refractivity contribution < 1.29 is 24.2 Å². The minimum atomic E-state index is -1.06. The van der Waals surface area contributed by atoms with E-state index < -0.39 is 29.1 Å². The van der Waals surface area contributed by atoms with Gasteiger partial charge in [-0.1, -0.05) is 62.8 Å². The van der Waals surface area contributed by atoms with Gasteiger partial charge < -0.3 is 24.5 Å². The Morgan fingerprint density at radius 3 is 2.44 bits per heavy atom. The van der Waals surface area contributed by atoms with E-state index in [0.717, 1.165) is 24.8 Å². The molecule has 1 aromatic rings. The van der Waals surface area contributed by atoms with Gasteiger partial charge in [0.05, 0.1) is 17.4 Å². The molecule has 3 fully saturated rings. The zero-order chi connectivity index (χ0) is 31.2. The van der Waals surface area contributed by atoms with Crippen LogP contribution in [0.25, 0.3) is 0 Å². The molecule has 0 aliphatic carbocycles. The predicted molar refractivity (Wildman–Crippen MR) is 168 cm³/mol. The van der Waals surface area contributed by atoms with Gasteiger partial charge >= 0.3 is 0 Å². The van der Waals surface area contributed by atoms with Gasteiger partial charge in [0.15, 0.2) is 0 Å². The number of aliphatic hydroxyl groups is 1. The third-order valence-electron chi connectivity index (χ3n) is 9.96. The zero-order valence-corrected chi connectivity index (χ0v) is 26.4. The van der Waals surface area contributed by atoms with Crippen LogP contribution in [0.4, 0.5) is 0 Å². The summed E-state index contributed by atoms with van der Waals surface area (Å²) >= 11 is 0. The van der Waals surface area contributed by atoms with Gasteiger partial charge in [-0.05, 0) is 57.4 Å². The van der Waals surface area contributed by atoms with Gasteiger partial charge in [0.25, 0.3) is 0 Å². The Kier molecular flexibility index (Phi) is 10.9. The molecule has 2 bridgehead atoms. The summed E-state index contributed by atoms with van der Waals surface area (Å²) in [4.78, 5) is 49.1. The molecular formula is C35H51N3O5. The normalized spacial score (nSPS) is 28.0. The van der Waals surface area contributed by atoms with Gasteiger partial charge in [-0.15, -0.1) is 13.2 Å². The van der Waals surface area contributed by atoms with Crippen molar-refractivity contribution in [2.24, 2.45) is 11.8 Å². The molecule has 3 aliphatic rings. The van der Waals surface area contributed by atoms with Crippen LogP contribution in [0.15, 0.2) is 55.6 Å². The molecule has 1 N–H and O–H groups in total. The van der Waals surface area contributed by atoms with Crippen molar-refractivity contribution >= 4 is 17.7 Å². The maximum atomic E-state index is 14.6. The lowest BCUT2D eigenvalue weighted by Crippen LogP contribution is -2.58. The van der Waals surface area contributed by atoms with E-state index in [2.05, 4.69) is 20.1 Å². The lowest BCUT2D eigenvalue weighted by Gasteiger charge is -2.39. The Morgan fingerprint density at radius 1 is 1.09 bits per heavy atom. The summed E-state index contributed by atoms with van der Waals surface area (Å²) in [5.74, 6) is -1.79. The Balaban J connectivity index is 1.76. The van der Waals surface area contributed by atoms with Gasteiger partial charge in [-0.2, -0.15) is 0 Å². The monoisotopic (exact) mass is 593 g/mol. The molecule has 1 aromatic carbocycles. The van der Waals surface area contributed by atoms with Gasteiger partial charge in [0, 0.05) is 38.8 Å². The molecule has 0 radical (unpaired) electrons. The number of hydrogen-bond acceptors (Lipinski definition) is 5. The molecule has 3 heterocycles. The van der Waals surface area contributed by atoms with Crippen LogP contribution >= 0.6 is 0 Å². The first-order valence-electron chi connectivity index (χ1n) is 16.2. The van der Waals surface area contributed by atoms with Crippen molar-refractivity contribution in [1.82, 2.24) is 14.7 Å². The standard InChI is InChI=1S/C35H51N3O5/c1-6-16-26(5)37(22-8-3)33(42)30-35-20-19-34(9-4,43-35)28(29(35)32(41)38(30)23-14-11-15-24-39)31(40)36(21-7-2)25-27-17-12-10-13-18-27/h7-8,10,12-13,17-18,26,28-30,39H,2-3,6,9,11,14-16,19-25H2,1,4-5H3/t26?,28-,29-,30?,34+,35?/m0/s1. The highest BCUT2D eigenvalue weighted by molar-refractivity contribution is 5.99. The lowest BCUT2D eigenvalue weighted by atomic mass is 9.64. The third-order valence-corrected chi connectivity index (χ3v) is 9.96. The summed E-state index contributed by atoms with van der Waals surface area (Å²) in [6.07, 6.45) is 9.06.